The Balaban J connectivity index is 2.22. The lowest BCUT2D eigenvalue weighted by atomic mass is 10.1. The molecule has 2 aromatic rings. The standard InChI is InChI=1S/C14H18N2O3S/c1-3-8-15-9-13-14(19-10-16-13)11-4-6-12(7-5-11)20(2,17)18/h4-7,10,15H,3,8-9H2,1-2H3. The van der Waals surface area contributed by atoms with Crippen LogP contribution in [0.5, 0.6) is 0 Å². The molecule has 0 fully saturated rings. The van der Waals surface area contributed by atoms with Gasteiger partial charge in [0, 0.05) is 18.4 Å². The molecule has 5 nitrogen and oxygen atoms in total. The Morgan fingerprint density at radius 1 is 1.25 bits per heavy atom. The number of rotatable bonds is 6. The van der Waals surface area contributed by atoms with E-state index in [2.05, 4.69) is 17.2 Å². The molecule has 0 spiro atoms. The van der Waals surface area contributed by atoms with Gasteiger partial charge in [-0.05, 0) is 37.2 Å². The molecule has 2 rings (SSSR count). The van der Waals surface area contributed by atoms with Gasteiger partial charge in [0.15, 0.2) is 22.0 Å². The molecule has 0 aliphatic carbocycles. The van der Waals surface area contributed by atoms with Crippen LogP contribution in [0.1, 0.15) is 19.0 Å². The molecule has 1 N–H and O–H groups in total. The predicted octanol–water partition coefficient (Wildman–Crippen LogP) is 2.24. The van der Waals surface area contributed by atoms with Crippen LogP contribution in [0.3, 0.4) is 0 Å². The fourth-order valence-corrected chi connectivity index (χ4v) is 2.50. The highest BCUT2D eigenvalue weighted by Gasteiger charge is 2.12. The van der Waals surface area contributed by atoms with Crippen LogP contribution in [0.15, 0.2) is 40.0 Å². The quantitative estimate of drug-likeness (QED) is 0.827. The van der Waals surface area contributed by atoms with Gasteiger partial charge in [0.1, 0.15) is 5.69 Å². The molecular weight excluding hydrogens is 276 g/mol. The Bertz CT molecular complexity index is 660. The summed E-state index contributed by atoms with van der Waals surface area (Å²) in [5.41, 5.74) is 1.65. The van der Waals surface area contributed by atoms with Crippen LogP contribution in [-0.2, 0) is 16.4 Å². The number of hydrogen-bond donors (Lipinski definition) is 1. The minimum Gasteiger partial charge on any atom is -0.443 e. The summed E-state index contributed by atoms with van der Waals surface area (Å²) in [5, 5.41) is 3.26. The van der Waals surface area contributed by atoms with Gasteiger partial charge >= 0.3 is 0 Å². The van der Waals surface area contributed by atoms with Crippen LogP contribution in [0.2, 0.25) is 0 Å². The first kappa shape index (κ1) is 14.7. The molecule has 6 heteroatoms. The van der Waals surface area contributed by atoms with E-state index in [0.717, 1.165) is 24.2 Å². The van der Waals surface area contributed by atoms with Gasteiger partial charge in [-0.15, -0.1) is 0 Å². The number of oxazole rings is 1. The highest BCUT2D eigenvalue weighted by Crippen LogP contribution is 2.24. The van der Waals surface area contributed by atoms with Crippen molar-refractivity contribution in [2.24, 2.45) is 0 Å². The van der Waals surface area contributed by atoms with E-state index in [9.17, 15) is 8.42 Å². The fraction of sp³-hybridized carbons (Fsp3) is 0.357. The van der Waals surface area contributed by atoms with E-state index in [-0.39, 0.29) is 0 Å². The third kappa shape index (κ3) is 3.46. The topological polar surface area (TPSA) is 72.2 Å². The molecule has 0 aliphatic heterocycles. The van der Waals surface area contributed by atoms with Crippen molar-refractivity contribution >= 4 is 9.84 Å². The van der Waals surface area contributed by atoms with E-state index >= 15 is 0 Å². The minimum absolute atomic E-state index is 0.298. The van der Waals surface area contributed by atoms with Crippen molar-refractivity contribution in [3.63, 3.8) is 0 Å². The van der Waals surface area contributed by atoms with Gasteiger partial charge in [0.2, 0.25) is 0 Å². The Morgan fingerprint density at radius 3 is 2.55 bits per heavy atom. The molecule has 0 saturated heterocycles. The molecule has 0 atom stereocenters. The zero-order valence-corrected chi connectivity index (χ0v) is 12.4. The van der Waals surface area contributed by atoms with Gasteiger partial charge in [0.25, 0.3) is 0 Å². The van der Waals surface area contributed by atoms with Crippen molar-refractivity contribution in [3.8, 4) is 11.3 Å². The third-order valence-corrected chi connectivity index (χ3v) is 4.03. The Labute approximate surface area is 119 Å². The van der Waals surface area contributed by atoms with Crippen molar-refractivity contribution in [1.82, 2.24) is 10.3 Å². The Morgan fingerprint density at radius 2 is 1.95 bits per heavy atom. The highest BCUT2D eigenvalue weighted by molar-refractivity contribution is 7.90. The SMILES string of the molecule is CCCNCc1ncoc1-c1ccc(S(C)(=O)=O)cc1. The summed E-state index contributed by atoms with van der Waals surface area (Å²) in [5.74, 6) is 0.675. The van der Waals surface area contributed by atoms with Crippen LogP contribution >= 0.6 is 0 Å². The largest absolute Gasteiger partial charge is 0.443 e. The maximum absolute atomic E-state index is 11.4. The predicted molar refractivity (Wildman–Crippen MR) is 77.0 cm³/mol. The monoisotopic (exact) mass is 294 g/mol. The number of hydrogen-bond acceptors (Lipinski definition) is 5. The average Bonchev–Trinajstić information content (AvgIpc) is 2.87. The lowest BCUT2D eigenvalue weighted by Gasteiger charge is -2.04. The number of benzene rings is 1. The van der Waals surface area contributed by atoms with Gasteiger partial charge in [-0.1, -0.05) is 6.92 Å². The second-order valence-corrected chi connectivity index (χ2v) is 6.62. The zero-order chi connectivity index (χ0) is 14.6. The molecule has 20 heavy (non-hydrogen) atoms. The van der Waals surface area contributed by atoms with E-state index in [0.29, 0.717) is 17.2 Å². The highest BCUT2D eigenvalue weighted by atomic mass is 32.2. The van der Waals surface area contributed by atoms with Gasteiger partial charge in [-0.25, -0.2) is 13.4 Å². The molecule has 0 saturated carbocycles. The average molecular weight is 294 g/mol. The van der Waals surface area contributed by atoms with Crippen LogP contribution < -0.4 is 5.32 Å². The summed E-state index contributed by atoms with van der Waals surface area (Å²) in [6, 6.07) is 6.63. The molecule has 1 aromatic carbocycles. The first-order valence-electron chi connectivity index (χ1n) is 6.46. The minimum atomic E-state index is -3.17. The first-order valence-corrected chi connectivity index (χ1v) is 8.35. The summed E-state index contributed by atoms with van der Waals surface area (Å²) in [6.07, 6.45) is 3.65. The van der Waals surface area contributed by atoms with Crippen molar-refractivity contribution in [2.75, 3.05) is 12.8 Å². The normalized spacial score (nSPS) is 11.7. The van der Waals surface area contributed by atoms with Crippen molar-refractivity contribution in [2.45, 2.75) is 24.8 Å². The van der Waals surface area contributed by atoms with E-state index in [4.69, 9.17) is 4.42 Å². The number of nitrogens with one attached hydrogen (secondary N) is 1. The Hall–Kier alpha value is -1.66. The first-order chi connectivity index (χ1) is 9.52. The smallest absolute Gasteiger partial charge is 0.181 e. The van der Waals surface area contributed by atoms with Crippen LogP contribution in [0.25, 0.3) is 11.3 Å². The fourth-order valence-electron chi connectivity index (χ4n) is 1.87. The van der Waals surface area contributed by atoms with E-state index in [1.807, 2.05) is 0 Å². The van der Waals surface area contributed by atoms with Gasteiger partial charge in [0.05, 0.1) is 4.90 Å². The third-order valence-electron chi connectivity index (χ3n) is 2.91. The molecule has 0 bridgehead atoms. The summed E-state index contributed by atoms with van der Waals surface area (Å²) in [7, 11) is -3.17. The number of sulfone groups is 1. The molecule has 0 amide bonds. The van der Waals surface area contributed by atoms with Gasteiger partial charge in [-0.3, -0.25) is 0 Å². The second kappa shape index (κ2) is 6.19. The molecule has 0 aliphatic rings. The zero-order valence-electron chi connectivity index (χ0n) is 11.6. The molecule has 0 radical (unpaired) electrons. The Kier molecular flexibility index (Phi) is 4.57. The maximum Gasteiger partial charge on any atom is 0.181 e. The lowest BCUT2D eigenvalue weighted by molar-refractivity contribution is 0.569. The summed E-state index contributed by atoms with van der Waals surface area (Å²) in [6.45, 7) is 3.65. The maximum atomic E-state index is 11.4. The summed E-state index contributed by atoms with van der Waals surface area (Å²) < 4.78 is 28.3. The summed E-state index contributed by atoms with van der Waals surface area (Å²) >= 11 is 0. The van der Waals surface area contributed by atoms with Crippen LogP contribution in [0.4, 0.5) is 0 Å². The molecule has 0 unspecified atom stereocenters. The van der Waals surface area contributed by atoms with Crippen molar-refractivity contribution < 1.29 is 12.8 Å². The summed E-state index contributed by atoms with van der Waals surface area (Å²) in [4.78, 5) is 4.49. The van der Waals surface area contributed by atoms with Crippen LogP contribution in [0, 0.1) is 0 Å². The van der Waals surface area contributed by atoms with Crippen molar-refractivity contribution in [1.29, 1.82) is 0 Å². The van der Waals surface area contributed by atoms with Gasteiger partial charge in [-0.2, -0.15) is 0 Å². The number of nitrogens with zero attached hydrogens (tertiary/aromatic N) is 1. The van der Waals surface area contributed by atoms with E-state index in [1.54, 1.807) is 24.3 Å². The lowest BCUT2D eigenvalue weighted by Crippen LogP contribution is -2.14. The van der Waals surface area contributed by atoms with Crippen LogP contribution in [-0.4, -0.2) is 26.2 Å². The molecular formula is C14H18N2O3S. The van der Waals surface area contributed by atoms with Crippen molar-refractivity contribution in [3.05, 3.63) is 36.4 Å². The molecule has 108 valence electrons. The molecule has 1 heterocycles. The van der Waals surface area contributed by atoms with E-state index in [1.165, 1.54) is 12.6 Å². The second-order valence-electron chi connectivity index (χ2n) is 4.60. The molecule has 1 aromatic heterocycles. The number of aromatic nitrogens is 1. The van der Waals surface area contributed by atoms with E-state index < -0.39 is 9.84 Å². The van der Waals surface area contributed by atoms with Gasteiger partial charge < -0.3 is 9.73 Å².